The van der Waals surface area contributed by atoms with Crippen LogP contribution in [0.5, 0.6) is 0 Å². The number of nitrogens with zero attached hydrogens (tertiary/aromatic N) is 2. The molecule has 1 amide bonds. The molecule has 0 unspecified atom stereocenters. The van der Waals surface area contributed by atoms with E-state index in [1.807, 2.05) is 11.0 Å². The van der Waals surface area contributed by atoms with Gasteiger partial charge in [-0.2, -0.15) is 0 Å². The fourth-order valence-electron chi connectivity index (χ4n) is 2.87. The summed E-state index contributed by atoms with van der Waals surface area (Å²) in [6.07, 6.45) is 1.14. The van der Waals surface area contributed by atoms with Crippen LogP contribution < -0.4 is 10.2 Å². The van der Waals surface area contributed by atoms with Crippen molar-refractivity contribution < 1.29 is 17.6 Å². The SMILES string of the molecule is CS(=O)(=O)c1ccc(NC(=O)C2CN(c3nc4c(F)cccc4s3)C2)cc1. The number of benzene rings is 2. The third-order valence-corrected chi connectivity index (χ3v) is 6.64. The zero-order chi connectivity index (χ0) is 19.2. The highest BCUT2D eigenvalue weighted by Gasteiger charge is 2.34. The number of fused-ring (bicyclic) bond motifs is 1. The summed E-state index contributed by atoms with van der Waals surface area (Å²) in [7, 11) is -3.26. The molecule has 2 heterocycles. The average Bonchev–Trinajstić information content (AvgIpc) is 2.98. The summed E-state index contributed by atoms with van der Waals surface area (Å²) in [4.78, 5) is 18.8. The van der Waals surface area contributed by atoms with Gasteiger partial charge in [-0.3, -0.25) is 4.79 Å². The number of rotatable bonds is 4. The van der Waals surface area contributed by atoms with Crippen molar-refractivity contribution in [2.24, 2.45) is 5.92 Å². The number of nitrogens with one attached hydrogen (secondary N) is 1. The number of aromatic nitrogens is 1. The minimum absolute atomic E-state index is 0.134. The predicted octanol–water partition coefficient (Wildman–Crippen LogP) is 2.91. The molecule has 0 bridgehead atoms. The van der Waals surface area contributed by atoms with E-state index in [9.17, 15) is 17.6 Å². The molecule has 0 aliphatic carbocycles. The van der Waals surface area contributed by atoms with E-state index in [0.29, 0.717) is 29.4 Å². The van der Waals surface area contributed by atoms with Gasteiger partial charge in [0.2, 0.25) is 5.91 Å². The van der Waals surface area contributed by atoms with Gasteiger partial charge in [0, 0.05) is 25.0 Å². The highest BCUT2D eigenvalue weighted by Crippen LogP contribution is 2.34. The topological polar surface area (TPSA) is 79.4 Å². The lowest BCUT2D eigenvalue weighted by Crippen LogP contribution is -2.52. The van der Waals surface area contributed by atoms with E-state index in [-0.39, 0.29) is 22.5 Å². The van der Waals surface area contributed by atoms with Crippen molar-refractivity contribution in [2.75, 3.05) is 29.6 Å². The van der Waals surface area contributed by atoms with Gasteiger partial charge in [-0.05, 0) is 36.4 Å². The Hall–Kier alpha value is -2.52. The van der Waals surface area contributed by atoms with Gasteiger partial charge in [0.05, 0.1) is 15.5 Å². The third-order valence-electron chi connectivity index (χ3n) is 4.43. The standard InChI is InChI=1S/C18H16FN3O3S2/c1-27(24,25)13-7-5-12(6-8-13)20-17(23)11-9-22(10-11)18-21-16-14(19)3-2-4-15(16)26-18/h2-8,11H,9-10H2,1H3,(H,20,23). The van der Waals surface area contributed by atoms with Gasteiger partial charge in [-0.1, -0.05) is 17.4 Å². The molecule has 2 aromatic carbocycles. The molecule has 27 heavy (non-hydrogen) atoms. The first-order chi connectivity index (χ1) is 12.8. The van der Waals surface area contributed by atoms with E-state index in [0.717, 1.165) is 11.0 Å². The Bertz CT molecular complexity index is 1120. The molecule has 0 atom stereocenters. The van der Waals surface area contributed by atoms with Crippen molar-refractivity contribution in [3.8, 4) is 0 Å². The number of halogens is 1. The van der Waals surface area contributed by atoms with Crippen molar-refractivity contribution in [3.63, 3.8) is 0 Å². The fourth-order valence-corrected chi connectivity index (χ4v) is 4.50. The van der Waals surface area contributed by atoms with Crippen molar-refractivity contribution in [3.05, 3.63) is 48.3 Å². The van der Waals surface area contributed by atoms with Crippen LogP contribution in [0.1, 0.15) is 0 Å². The smallest absolute Gasteiger partial charge is 0.231 e. The minimum Gasteiger partial charge on any atom is -0.346 e. The molecule has 0 radical (unpaired) electrons. The normalized spacial score (nSPS) is 15.0. The number of anilines is 2. The summed E-state index contributed by atoms with van der Waals surface area (Å²) in [5, 5.41) is 3.50. The number of hydrogen-bond donors (Lipinski definition) is 1. The quantitative estimate of drug-likeness (QED) is 0.722. The summed E-state index contributed by atoms with van der Waals surface area (Å²) < 4.78 is 37.5. The van der Waals surface area contributed by atoms with Gasteiger partial charge in [-0.25, -0.2) is 17.8 Å². The first kappa shape index (κ1) is 17.9. The molecule has 140 valence electrons. The molecule has 3 aromatic rings. The van der Waals surface area contributed by atoms with Gasteiger partial charge < -0.3 is 10.2 Å². The monoisotopic (exact) mass is 405 g/mol. The number of hydrogen-bond acceptors (Lipinski definition) is 6. The Kier molecular flexibility index (Phi) is 4.35. The van der Waals surface area contributed by atoms with E-state index in [1.165, 1.54) is 29.5 Å². The van der Waals surface area contributed by atoms with Crippen molar-refractivity contribution >= 4 is 48.1 Å². The van der Waals surface area contributed by atoms with Crippen LogP contribution >= 0.6 is 11.3 Å². The number of amides is 1. The molecular weight excluding hydrogens is 389 g/mol. The third kappa shape index (κ3) is 3.52. The van der Waals surface area contributed by atoms with Crippen molar-refractivity contribution in [2.45, 2.75) is 4.90 Å². The molecule has 1 aliphatic rings. The van der Waals surface area contributed by atoms with Gasteiger partial charge in [-0.15, -0.1) is 0 Å². The Morgan fingerprint density at radius 3 is 2.56 bits per heavy atom. The second kappa shape index (κ2) is 6.58. The molecule has 6 nitrogen and oxygen atoms in total. The fraction of sp³-hybridized carbons (Fsp3) is 0.222. The maximum Gasteiger partial charge on any atom is 0.231 e. The molecule has 1 N–H and O–H groups in total. The molecule has 1 fully saturated rings. The second-order valence-electron chi connectivity index (χ2n) is 6.47. The molecule has 9 heteroatoms. The lowest BCUT2D eigenvalue weighted by Gasteiger charge is -2.37. The highest BCUT2D eigenvalue weighted by atomic mass is 32.2. The summed E-state index contributed by atoms with van der Waals surface area (Å²) in [6, 6.07) is 10.9. The minimum atomic E-state index is -3.26. The lowest BCUT2D eigenvalue weighted by atomic mass is 10.00. The van der Waals surface area contributed by atoms with Gasteiger partial charge in [0.25, 0.3) is 0 Å². The van der Waals surface area contributed by atoms with Crippen LogP contribution in [0.15, 0.2) is 47.4 Å². The molecule has 1 aromatic heterocycles. The summed E-state index contributed by atoms with van der Waals surface area (Å²) in [5.41, 5.74) is 0.907. The van der Waals surface area contributed by atoms with Crippen LogP contribution in [-0.2, 0) is 14.6 Å². The molecule has 0 saturated carbocycles. The number of para-hydroxylation sites is 1. The van der Waals surface area contributed by atoms with Crippen LogP contribution in [0.2, 0.25) is 0 Å². The molecular formula is C18H16FN3O3S2. The van der Waals surface area contributed by atoms with E-state index in [4.69, 9.17) is 0 Å². The highest BCUT2D eigenvalue weighted by molar-refractivity contribution is 7.90. The molecule has 0 spiro atoms. The summed E-state index contributed by atoms with van der Waals surface area (Å²) in [6.45, 7) is 1.02. The van der Waals surface area contributed by atoms with Crippen LogP contribution in [0.25, 0.3) is 10.2 Å². The van der Waals surface area contributed by atoms with Gasteiger partial charge >= 0.3 is 0 Å². The predicted molar refractivity (Wildman–Crippen MR) is 103 cm³/mol. The van der Waals surface area contributed by atoms with E-state index in [1.54, 1.807) is 18.2 Å². The van der Waals surface area contributed by atoms with Gasteiger partial charge in [0.15, 0.2) is 15.0 Å². The first-order valence-electron chi connectivity index (χ1n) is 8.22. The molecule has 1 aliphatic heterocycles. The Balaban J connectivity index is 1.38. The number of sulfone groups is 1. The van der Waals surface area contributed by atoms with Crippen molar-refractivity contribution in [1.82, 2.24) is 4.98 Å². The van der Waals surface area contributed by atoms with Crippen LogP contribution in [0, 0.1) is 11.7 Å². The van der Waals surface area contributed by atoms with E-state index >= 15 is 0 Å². The Morgan fingerprint density at radius 2 is 1.93 bits per heavy atom. The molecule has 1 saturated heterocycles. The second-order valence-corrected chi connectivity index (χ2v) is 9.50. The average molecular weight is 405 g/mol. The maximum absolute atomic E-state index is 13.8. The number of carbonyl (C=O) groups excluding carboxylic acids is 1. The maximum atomic E-state index is 13.8. The summed E-state index contributed by atoms with van der Waals surface area (Å²) in [5.74, 6) is -0.676. The summed E-state index contributed by atoms with van der Waals surface area (Å²) >= 11 is 1.40. The van der Waals surface area contributed by atoms with E-state index in [2.05, 4.69) is 10.3 Å². The number of carbonyl (C=O) groups is 1. The lowest BCUT2D eigenvalue weighted by molar-refractivity contribution is -0.120. The van der Waals surface area contributed by atoms with Gasteiger partial charge in [0.1, 0.15) is 11.3 Å². The largest absolute Gasteiger partial charge is 0.346 e. The van der Waals surface area contributed by atoms with Crippen LogP contribution in [-0.4, -0.2) is 38.7 Å². The zero-order valence-electron chi connectivity index (χ0n) is 14.3. The van der Waals surface area contributed by atoms with Crippen LogP contribution in [0.3, 0.4) is 0 Å². The Morgan fingerprint density at radius 1 is 1.22 bits per heavy atom. The first-order valence-corrected chi connectivity index (χ1v) is 10.9. The Labute approximate surface area is 159 Å². The van der Waals surface area contributed by atoms with E-state index < -0.39 is 9.84 Å². The van der Waals surface area contributed by atoms with Crippen LogP contribution in [0.4, 0.5) is 15.2 Å². The number of thiazole rings is 1. The van der Waals surface area contributed by atoms with Crippen molar-refractivity contribution in [1.29, 1.82) is 0 Å². The molecule has 4 rings (SSSR count). The zero-order valence-corrected chi connectivity index (χ0v) is 16.0.